The number of aliphatic hydroxyl groups excluding tert-OH is 1. The number of terminal acetylenes is 1. The topological polar surface area (TPSA) is 32.3 Å². The molecule has 2 nitrogen and oxygen atoms in total. The highest BCUT2D eigenvalue weighted by atomic mass is 32.2. The van der Waals surface area contributed by atoms with Gasteiger partial charge >= 0.3 is 6.18 Å². The van der Waals surface area contributed by atoms with E-state index in [-0.39, 0.29) is 0 Å². The lowest BCUT2D eigenvalue weighted by molar-refractivity contribution is -0.137. The molecule has 0 radical (unpaired) electrons. The zero-order valence-electron chi connectivity index (χ0n) is 10.8. The molecule has 0 fully saturated rings. The lowest BCUT2D eigenvalue weighted by Crippen LogP contribution is -2.23. The molecule has 0 saturated heterocycles. The number of hydrogen-bond donors (Lipinski definition) is 2. The van der Waals surface area contributed by atoms with Crippen molar-refractivity contribution in [1.82, 2.24) is 5.32 Å². The van der Waals surface area contributed by atoms with Crippen molar-refractivity contribution in [2.45, 2.75) is 12.3 Å². The molecule has 110 valence electrons. The first-order chi connectivity index (χ1) is 9.45. The number of thioether (sulfide) groups is 1. The second kappa shape index (κ2) is 8.20. The van der Waals surface area contributed by atoms with Crippen LogP contribution in [0, 0.1) is 12.3 Å². The monoisotopic (exact) mass is 303 g/mol. The Morgan fingerprint density at radius 3 is 2.50 bits per heavy atom. The molecule has 1 atom stereocenters. The van der Waals surface area contributed by atoms with Gasteiger partial charge in [0, 0.05) is 18.8 Å². The maximum atomic E-state index is 12.4. The number of halogens is 3. The highest BCUT2D eigenvalue weighted by molar-refractivity contribution is 7.99. The number of benzene rings is 1. The molecule has 0 aliphatic rings. The minimum Gasteiger partial charge on any atom is -0.387 e. The minimum atomic E-state index is -4.35. The summed E-state index contributed by atoms with van der Waals surface area (Å²) in [4.78, 5) is 0. The van der Waals surface area contributed by atoms with Crippen LogP contribution in [0.2, 0.25) is 0 Å². The van der Waals surface area contributed by atoms with E-state index in [1.54, 1.807) is 11.8 Å². The van der Waals surface area contributed by atoms with Crippen LogP contribution in [-0.2, 0) is 6.18 Å². The van der Waals surface area contributed by atoms with Gasteiger partial charge in [-0.15, -0.1) is 18.2 Å². The van der Waals surface area contributed by atoms with Crippen LogP contribution in [0.4, 0.5) is 13.2 Å². The van der Waals surface area contributed by atoms with Crippen molar-refractivity contribution in [3.8, 4) is 12.3 Å². The van der Waals surface area contributed by atoms with E-state index in [1.807, 2.05) is 0 Å². The molecule has 1 rings (SSSR count). The highest BCUT2D eigenvalue weighted by Gasteiger charge is 2.30. The average Bonchev–Trinajstić information content (AvgIpc) is 2.41. The van der Waals surface area contributed by atoms with Crippen molar-refractivity contribution < 1.29 is 18.3 Å². The summed E-state index contributed by atoms with van der Waals surface area (Å²) in [5.41, 5.74) is -0.256. The van der Waals surface area contributed by atoms with Crippen LogP contribution in [0.1, 0.15) is 17.2 Å². The molecule has 0 spiro atoms. The number of aliphatic hydroxyl groups is 1. The van der Waals surface area contributed by atoms with E-state index in [1.165, 1.54) is 12.1 Å². The molecular weight excluding hydrogens is 287 g/mol. The van der Waals surface area contributed by atoms with Crippen molar-refractivity contribution in [3.63, 3.8) is 0 Å². The third-order valence-electron chi connectivity index (χ3n) is 2.57. The van der Waals surface area contributed by atoms with Crippen LogP contribution in [0.25, 0.3) is 0 Å². The van der Waals surface area contributed by atoms with Crippen LogP contribution in [0.5, 0.6) is 0 Å². The van der Waals surface area contributed by atoms with Crippen LogP contribution < -0.4 is 5.32 Å². The fourth-order valence-electron chi connectivity index (χ4n) is 1.53. The molecule has 0 saturated carbocycles. The van der Waals surface area contributed by atoms with Crippen LogP contribution >= 0.6 is 11.8 Å². The van der Waals surface area contributed by atoms with Gasteiger partial charge in [0.15, 0.2) is 0 Å². The summed E-state index contributed by atoms with van der Waals surface area (Å²) < 4.78 is 37.1. The maximum Gasteiger partial charge on any atom is 0.416 e. The number of hydrogen-bond acceptors (Lipinski definition) is 3. The van der Waals surface area contributed by atoms with E-state index in [4.69, 9.17) is 6.42 Å². The van der Waals surface area contributed by atoms with E-state index >= 15 is 0 Å². The minimum absolute atomic E-state index is 0.294. The maximum absolute atomic E-state index is 12.4. The quantitative estimate of drug-likeness (QED) is 0.600. The molecule has 2 N–H and O–H groups in total. The Morgan fingerprint density at radius 2 is 1.95 bits per heavy atom. The van der Waals surface area contributed by atoms with Crippen LogP contribution in [0.15, 0.2) is 24.3 Å². The molecule has 0 bridgehead atoms. The summed E-state index contributed by atoms with van der Waals surface area (Å²) in [6.07, 6.45) is -0.0764. The van der Waals surface area contributed by atoms with Gasteiger partial charge in [-0.2, -0.15) is 13.2 Å². The number of nitrogens with one attached hydrogen (secondary N) is 1. The predicted molar refractivity (Wildman–Crippen MR) is 75.4 cm³/mol. The number of rotatable bonds is 7. The highest BCUT2D eigenvalue weighted by Crippen LogP contribution is 2.29. The molecule has 1 aromatic rings. The summed E-state index contributed by atoms with van der Waals surface area (Å²) in [5.74, 6) is 3.97. The fraction of sp³-hybridized carbons (Fsp3) is 0.429. The summed E-state index contributed by atoms with van der Waals surface area (Å²) >= 11 is 1.60. The Morgan fingerprint density at radius 1 is 1.30 bits per heavy atom. The molecular formula is C14H16F3NOS. The molecule has 20 heavy (non-hydrogen) atoms. The van der Waals surface area contributed by atoms with Gasteiger partial charge in [0.2, 0.25) is 0 Å². The average molecular weight is 303 g/mol. The zero-order chi connectivity index (χ0) is 15.0. The van der Waals surface area contributed by atoms with Gasteiger partial charge in [-0.3, -0.25) is 0 Å². The van der Waals surface area contributed by atoms with Gasteiger partial charge in [-0.1, -0.05) is 18.1 Å². The standard InChI is InChI=1S/C14H16F3NOS/c1-2-8-20-9-7-18-10-13(19)11-3-5-12(6-4-11)14(15,16)17/h1,3-6,13,18-19H,7-10H2. The smallest absolute Gasteiger partial charge is 0.387 e. The summed E-state index contributed by atoms with van der Waals surface area (Å²) in [6.45, 7) is 0.978. The first kappa shape index (κ1) is 16.9. The van der Waals surface area contributed by atoms with Crippen molar-refractivity contribution >= 4 is 11.8 Å². The van der Waals surface area contributed by atoms with Gasteiger partial charge in [-0.25, -0.2) is 0 Å². The van der Waals surface area contributed by atoms with Gasteiger partial charge in [-0.05, 0) is 17.7 Å². The molecule has 1 aromatic carbocycles. The largest absolute Gasteiger partial charge is 0.416 e. The van der Waals surface area contributed by atoms with Gasteiger partial charge in [0.1, 0.15) is 0 Å². The Hall–Kier alpha value is -1.16. The Balaban J connectivity index is 2.37. The molecule has 0 heterocycles. The van der Waals surface area contributed by atoms with Crippen molar-refractivity contribution in [1.29, 1.82) is 0 Å². The molecule has 6 heteroatoms. The third-order valence-corrected chi connectivity index (χ3v) is 3.43. The number of alkyl halides is 3. The lowest BCUT2D eigenvalue weighted by Gasteiger charge is -2.13. The first-order valence-corrected chi connectivity index (χ1v) is 7.17. The van der Waals surface area contributed by atoms with E-state index in [0.717, 1.165) is 17.9 Å². The van der Waals surface area contributed by atoms with Gasteiger partial charge in [0.05, 0.1) is 17.4 Å². The Bertz CT molecular complexity index is 439. The Labute approximate surface area is 120 Å². The second-order valence-corrected chi connectivity index (χ2v) is 5.20. The second-order valence-electron chi connectivity index (χ2n) is 4.10. The first-order valence-electron chi connectivity index (χ1n) is 6.02. The Kier molecular flexibility index (Phi) is 6.93. The van der Waals surface area contributed by atoms with Crippen LogP contribution in [0.3, 0.4) is 0 Å². The van der Waals surface area contributed by atoms with E-state index < -0.39 is 17.8 Å². The van der Waals surface area contributed by atoms with Gasteiger partial charge < -0.3 is 10.4 Å². The summed E-state index contributed by atoms with van der Waals surface area (Å²) in [5, 5.41) is 12.9. The molecule has 0 aliphatic heterocycles. The normalized spacial score (nSPS) is 12.9. The van der Waals surface area contributed by atoms with E-state index in [9.17, 15) is 18.3 Å². The molecule has 0 aromatic heterocycles. The molecule has 0 amide bonds. The summed E-state index contributed by atoms with van der Waals surface area (Å²) in [7, 11) is 0. The van der Waals surface area contributed by atoms with E-state index in [2.05, 4.69) is 11.2 Å². The third kappa shape index (κ3) is 5.87. The molecule has 1 unspecified atom stereocenters. The SMILES string of the molecule is C#CCSCCNCC(O)c1ccc(C(F)(F)F)cc1. The predicted octanol–water partition coefficient (Wildman–Crippen LogP) is 2.69. The lowest BCUT2D eigenvalue weighted by atomic mass is 10.1. The van der Waals surface area contributed by atoms with Crippen molar-refractivity contribution in [2.75, 3.05) is 24.6 Å². The van der Waals surface area contributed by atoms with E-state index in [0.29, 0.717) is 24.4 Å². The zero-order valence-corrected chi connectivity index (χ0v) is 11.6. The van der Waals surface area contributed by atoms with Crippen molar-refractivity contribution in [2.24, 2.45) is 0 Å². The van der Waals surface area contributed by atoms with Gasteiger partial charge in [0.25, 0.3) is 0 Å². The molecule has 0 aliphatic carbocycles. The fourth-order valence-corrected chi connectivity index (χ4v) is 2.08. The van der Waals surface area contributed by atoms with Crippen LogP contribution in [-0.4, -0.2) is 29.7 Å². The summed E-state index contributed by atoms with van der Waals surface area (Å²) in [6, 6.07) is 4.53. The van der Waals surface area contributed by atoms with Crippen molar-refractivity contribution in [3.05, 3.63) is 35.4 Å².